The lowest BCUT2D eigenvalue weighted by atomic mass is 10.3. The first-order valence-electron chi connectivity index (χ1n) is 6.50. The zero-order valence-electron chi connectivity index (χ0n) is 10.9. The van der Waals surface area contributed by atoms with Crippen molar-refractivity contribution in [3.05, 3.63) is 28.7 Å². The number of ether oxygens (including phenoxy) is 1. The molecule has 1 saturated carbocycles. The van der Waals surface area contributed by atoms with E-state index in [1.54, 1.807) is 11.8 Å². The van der Waals surface area contributed by atoms with Crippen molar-refractivity contribution in [2.75, 3.05) is 12.4 Å². The third-order valence-corrected chi connectivity index (χ3v) is 4.95. The lowest BCUT2D eigenvalue weighted by molar-refractivity contribution is -0.145. The molecule has 1 aromatic rings. The molecule has 0 aliphatic heterocycles. The standard InChI is InChI=1S/C14H18BrNO2S/c1-2-18-14(17)12(16-10-7-8-10)9-19-13-6-4-3-5-11(13)15/h3-6,10,12,16H,2,7-9H2,1H3. The van der Waals surface area contributed by atoms with Gasteiger partial charge in [-0.05, 0) is 47.8 Å². The third kappa shape index (κ3) is 4.82. The number of rotatable bonds is 7. The lowest BCUT2D eigenvalue weighted by Gasteiger charge is -2.16. The largest absolute Gasteiger partial charge is 0.465 e. The second-order valence-electron chi connectivity index (χ2n) is 4.49. The molecule has 0 spiro atoms. The molecule has 2 rings (SSSR count). The predicted octanol–water partition coefficient (Wildman–Crippen LogP) is 3.22. The van der Waals surface area contributed by atoms with Crippen molar-refractivity contribution in [3.8, 4) is 0 Å². The van der Waals surface area contributed by atoms with E-state index in [4.69, 9.17) is 4.74 Å². The van der Waals surface area contributed by atoms with Gasteiger partial charge < -0.3 is 10.1 Å². The summed E-state index contributed by atoms with van der Waals surface area (Å²) in [5.41, 5.74) is 0. The van der Waals surface area contributed by atoms with Gasteiger partial charge in [-0.15, -0.1) is 11.8 Å². The number of thioether (sulfide) groups is 1. The van der Waals surface area contributed by atoms with Crippen LogP contribution in [0.3, 0.4) is 0 Å². The molecule has 1 unspecified atom stereocenters. The summed E-state index contributed by atoms with van der Waals surface area (Å²) in [7, 11) is 0. The minimum atomic E-state index is -0.218. The predicted molar refractivity (Wildman–Crippen MR) is 81.4 cm³/mol. The number of hydrogen-bond acceptors (Lipinski definition) is 4. The Morgan fingerprint density at radius 1 is 1.53 bits per heavy atom. The summed E-state index contributed by atoms with van der Waals surface area (Å²) in [6, 6.07) is 8.32. The SMILES string of the molecule is CCOC(=O)C(CSc1ccccc1Br)NC1CC1. The van der Waals surface area contributed by atoms with Crippen molar-refractivity contribution in [2.45, 2.75) is 36.7 Å². The van der Waals surface area contributed by atoms with Crippen molar-refractivity contribution in [1.82, 2.24) is 5.32 Å². The van der Waals surface area contributed by atoms with Crippen LogP contribution >= 0.6 is 27.7 Å². The molecule has 3 nitrogen and oxygen atoms in total. The van der Waals surface area contributed by atoms with E-state index >= 15 is 0 Å². The molecule has 1 aromatic carbocycles. The maximum absolute atomic E-state index is 11.9. The van der Waals surface area contributed by atoms with Crippen LogP contribution in [-0.2, 0) is 9.53 Å². The van der Waals surface area contributed by atoms with Gasteiger partial charge in [0.15, 0.2) is 0 Å². The first kappa shape index (κ1) is 14.9. The highest BCUT2D eigenvalue weighted by atomic mass is 79.9. The summed E-state index contributed by atoms with van der Waals surface area (Å²) in [6.07, 6.45) is 2.32. The van der Waals surface area contributed by atoms with Crippen LogP contribution in [0.4, 0.5) is 0 Å². The summed E-state index contributed by atoms with van der Waals surface area (Å²) in [5.74, 6) is 0.548. The van der Waals surface area contributed by atoms with Gasteiger partial charge in [0.25, 0.3) is 0 Å². The third-order valence-electron chi connectivity index (χ3n) is 2.83. The molecule has 0 heterocycles. The summed E-state index contributed by atoms with van der Waals surface area (Å²) < 4.78 is 6.19. The number of carbonyl (C=O) groups is 1. The Kier molecular flexibility index (Phi) is 5.73. The van der Waals surface area contributed by atoms with Gasteiger partial charge in [0, 0.05) is 21.2 Å². The first-order chi connectivity index (χ1) is 9.20. The van der Waals surface area contributed by atoms with Gasteiger partial charge >= 0.3 is 5.97 Å². The van der Waals surface area contributed by atoms with Gasteiger partial charge in [0.2, 0.25) is 0 Å². The van der Waals surface area contributed by atoms with Crippen LogP contribution in [0.2, 0.25) is 0 Å². The quantitative estimate of drug-likeness (QED) is 0.609. The Balaban J connectivity index is 1.91. The fraction of sp³-hybridized carbons (Fsp3) is 0.500. The molecule has 104 valence electrons. The number of halogens is 1. The first-order valence-corrected chi connectivity index (χ1v) is 8.28. The number of hydrogen-bond donors (Lipinski definition) is 1. The molecular formula is C14H18BrNO2S. The minimum absolute atomic E-state index is 0.144. The van der Waals surface area contributed by atoms with E-state index in [9.17, 15) is 4.79 Å². The molecule has 0 radical (unpaired) electrons. The van der Waals surface area contributed by atoms with Gasteiger partial charge in [-0.2, -0.15) is 0 Å². The smallest absolute Gasteiger partial charge is 0.324 e. The second-order valence-corrected chi connectivity index (χ2v) is 6.40. The van der Waals surface area contributed by atoms with Gasteiger partial charge in [-0.3, -0.25) is 4.79 Å². The monoisotopic (exact) mass is 343 g/mol. The van der Waals surface area contributed by atoms with Crippen LogP contribution in [0, 0.1) is 0 Å². The van der Waals surface area contributed by atoms with Gasteiger partial charge in [-0.25, -0.2) is 0 Å². The van der Waals surface area contributed by atoms with E-state index in [1.807, 2.05) is 31.2 Å². The fourth-order valence-corrected chi connectivity index (χ4v) is 3.28. The molecule has 0 aromatic heterocycles. The average Bonchev–Trinajstić information content (AvgIpc) is 3.20. The number of carbonyl (C=O) groups excluding carboxylic acids is 1. The van der Waals surface area contributed by atoms with Crippen LogP contribution in [0.1, 0.15) is 19.8 Å². The van der Waals surface area contributed by atoms with Crippen LogP contribution in [0.25, 0.3) is 0 Å². The Morgan fingerprint density at radius 2 is 2.26 bits per heavy atom. The Hall–Kier alpha value is -0.520. The highest BCUT2D eigenvalue weighted by Crippen LogP contribution is 2.28. The Bertz CT molecular complexity index is 437. The van der Waals surface area contributed by atoms with Crippen LogP contribution in [-0.4, -0.2) is 30.4 Å². The van der Waals surface area contributed by atoms with E-state index in [0.717, 1.165) is 22.2 Å². The van der Waals surface area contributed by atoms with Gasteiger partial charge in [0.05, 0.1) is 6.61 Å². The Morgan fingerprint density at radius 3 is 2.89 bits per heavy atom. The summed E-state index contributed by atoms with van der Waals surface area (Å²) in [6.45, 7) is 2.27. The van der Waals surface area contributed by atoms with Crippen molar-refractivity contribution in [3.63, 3.8) is 0 Å². The summed E-state index contributed by atoms with van der Waals surface area (Å²) in [5, 5.41) is 3.35. The van der Waals surface area contributed by atoms with E-state index in [-0.39, 0.29) is 12.0 Å². The summed E-state index contributed by atoms with van der Waals surface area (Å²) in [4.78, 5) is 13.1. The molecule has 0 saturated heterocycles. The van der Waals surface area contributed by atoms with E-state index < -0.39 is 0 Å². The zero-order chi connectivity index (χ0) is 13.7. The average molecular weight is 344 g/mol. The highest BCUT2D eigenvalue weighted by Gasteiger charge is 2.29. The van der Waals surface area contributed by atoms with Crippen LogP contribution < -0.4 is 5.32 Å². The maximum atomic E-state index is 11.9. The molecule has 1 aliphatic carbocycles. The zero-order valence-corrected chi connectivity index (χ0v) is 13.3. The second kappa shape index (κ2) is 7.31. The molecule has 0 bridgehead atoms. The Labute approximate surface area is 126 Å². The molecule has 19 heavy (non-hydrogen) atoms. The number of benzene rings is 1. The molecule has 1 atom stereocenters. The molecule has 1 fully saturated rings. The molecule has 0 amide bonds. The number of nitrogens with one attached hydrogen (secondary N) is 1. The van der Waals surface area contributed by atoms with Crippen molar-refractivity contribution in [1.29, 1.82) is 0 Å². The van der Waals surface area contributed by atoms with Crippen LogP contribution in [0.5, 0.6) is 0 Å². The molecular weight excluding hydrogens is 326 g/mol. The minimum Gasteiger partial charge on any atom is -0.465 e. The van der Waals surface area contributed by atoms with Gasteiger partial charge in [0.1, 0.15) is 6.04 Å². The lowest BCUT2D eigenvalue weighted by Crippen LogP contribution is -2.41. The van der Waals surface area contributed by atoms with Crippen molar-refractivity contribution < 1.29 is 9.53 Å². The normalized spacial score (nSPS) is 16.1. The van der Waals surface area contributed by atoms with Gasteiger partial charge in [-0.1, -0.05) is 12.1 Å². The topological polar surface area (TPSA) is 38.3 Å². The summed E-state index contributed by atoms with van der Waals surface area (Å²) >= 11 is 5.19. The number of esters is 1. The van der Waals surface area contributed by atoms with E-state index in [0.29, 0.717) is 18.4 Å². The molecule has 1 N–H and O–H groups in total. The highest BCUT2D eigenvalue weighted by molar-refractivity contribution is 9.10. The van der Waals surface area contributed by atoms with Crippen molar-refractivity contribution >= 4 is 33.7 Å². The van der Waals surface area contributed by atoms with E-state index in [1.165, 1.54) is 0 Å². The van der Waals surface area contributed by atoms with Crippen LogP contribution in [0.15, 0.2) is 33.6 Å². The maximum Gasteiger partial charge on any atom is 0.324 e. The molecule has 1 aliphatic rings. The van der Waals surface area contributed by atoms with Crippen molar-refractivity contribution in [2.24, 2.45) is 0 Å². The van der Waals surface area contributed by atoms with E-state index in [2.05, 4.69) is 21.2 Å². The fourth-order valence-electron chi connectivity index (χ4n) is 1.70. The molecule has 5 heteroatoms.